The number of ether oxygens (including phenoxy) is 1. The smallest absolute Gasteiger partial charge is 0.321 e. The summed E-state index contributed by atoms with van der Waals surface area (Å²) in [5.41, 5.74) is 0.887. The van der Waals surface area contributed by atoms with Crippen LogP contribution < -0.4 is 10.1 Å². The molecule has 19 heavy (non-hydrogen) atoms. The third-order valence-electron chi connectivity index (χ3n) is 2.30. The highest BCUT2D eigenvalue weighted by atomic mass is 16.6. The Bertz CT molecular complexity index is 571. The largest absolute Gasteiger partial charge is 0.424 e. The number of hydrogen-bond donors (Lipinski definition) is 1. The van der Waals surface area contributed by atoms with E-state index in [2.05, 4.69) is 15.3 Å². The van der Waals surface area contributed by atoms with Gasteiger partial charge in [-0.25, -0.2) is 9.97 Å². The molecule has 1 N–H and O–H groups in total. The van der Waals surface area contributed by atoms with Crippen molar-refractivity contribution in [3.63, 3.8) is 0 Å². The first-order valence-corrected chi connectivity index (χ1v) is 5.57. The lowest BCUT2D eigenvalue weighted by Crippen LogP contribution is -2.06. The molecule has 2 rings (SSSR count). The van der Waals surface area contributed by atoms with Crippen LogP contribution in [0.4, 0.5) is 5.69 Å². The van der Waals surface area contributed by atoms with Gasteiger partial charge in [0.15, 0.2) is 0 Å². The molecule has 1 aromatic carbocycles. The molecule has 0 spiro atoms. The van der Waals surface area contributed by atoms with E-state index in [1.54, 1.807) is 24.5 Å². The Morgan fingerprint density at radius 1 is 1.37 bits per heavy atom. The van der Waals surface area contributed by atoms with Gasteiger partial charge in [-0.3, -0.25) is 10.1 Å². The first kappa shape index (κ1) is 12.9. The molecule has 0 fully saturated rings. The van der Waals surface area contributed by atoms with Crippen LogP contribution in [0.2, 0.25) is 0 Å². The maximum atomic E-state index is 10.6. The first-order valence-electron chi connectivity index (χ1n) is 5.57. The van der Waals surface area contributed by atoms with Gasteiger partial charge in [-0.1, -0.05) is 6.07 Å². The zero-order valence-corrected chi connectivity index (χ0v) is 10.2. The van der Waals surface area contributed by atoms with Gasteiger partial charge >= 0.3 is 6.01 Å². The second kappa shape index (κ2) is 5.87. The topological polar surface area (TPSA) is 90.2 Å². The minimum Gasteiger partial charge on any atom is -0.424 e. The van der Waals surface area contributed by atoms with Crippen LogP contribution in [0.25, 0.3) is 0 Å². The van der Waals surface area contributed by atoms with Gasteiger partial charge in [-0.05, 0) is 13.1 Å². The lowest BCUT2D eigenvalue weighted by molar-refractivity contribution is -0.384. The average Bonchev–Trinajstić information content (AvgIpc) is 2.42. The molecule has 0 saturated carbocycles. The SMILES string of the molecule is CNCc1cnc(Oc2cccc([N+](=O)[O-])c2)nc1. The van der Waals surface area contributed by atoms with Gasteiger partial charge in [-0.2, -0.15) is 0 Å². The molecule has 1 heterocycles. The summed E-state index contributed by atoms with van der Waals surface area (Å²) in [5, 5.41) is 13.6. The molecule has 7 heteroatoms. The van der Waals surface area contributed by atoms with Gasteiger partial charge in [0, 0.05) is 30.6 Å². The summed E-state index contributed by atoms with van der Waals surface area (Å²) in [5.74, 6) is 0.329. The Hall–Kier alpha value is -2.54. The molecule has 1 aromatic heterocycles. The molecule has 0 atom stereocenters. The van der Waals surface area contributed by atoms with E-state index in [0.29, 0.717) is 12.3 Å². The van der Waals surface area contributed by atoms with Crippen LogP contribution in [0.5, 0.6) is 11.8 Å². The molecule has 0 bridgehead atoms. The Kier molecular flexibility index (Phi) is 3.99. The third kappa shape index (κ3) is 3.46. The molecule has 7 nitrogen and oxygen atoms in total. The van der Waals surface area contributed by atoms with Gasteiger partial charge in [0.25, 0.3) is 5.69 Å². The van der Waals surface area contributed by atoms with Crippen molar-refractivity contribution in [2.45, 2.75) is 6.54 Å². The molecule has 2 aromatic rings. The van der Waals surface area contributed by atoms with E-state index < -0.39 is 4.92 Å². The first-order chi connectivity index (χ1) is 9.19. The van der Waals surface area contributed by atoms with Crippen molar-refractivity contribution >= 4 is 5.69 Å². The van der Waals surface area contributed by atoms with E-state index in [1.165, 1.54) is 12.1 Å². The van der Waals surface area contributed by atoms with E-state index in [0.717, 1.165) is 5.56 Å². The summed E-state index contributed by atoms with van der Waals surface area (Å²) in [7, 11) is 1.83. The van der Waals surface area contributed by atoms with Crippen LogP contribution in [0.15, 0.2) is 36.7 Å². The second-order valence-electron chi connectivity index (χ2n) is 3.76. The summed E-state index contributed by atoms with van der Waals surface area (Å²) in [6.45, 7) is 0.664. The molecule has 0 aliphatic carbocycles. The molecule has 0 aliphatic rings. The van der Waals surface area contributed by atoms with E-state index in [4.69, 9.17) is 4.74 Å². The van der Waals surface area contributed by atoms with Crippen LogP contribution in [-0.4, -0.2) is 21.9 Å². The molecular weight excluding hydrogens is 248 g/mol. The maximum Gasteiger partial charge on any atom is 0.321 e. The van der Waals surface area contributed by atoms with Gasteiger partial charge in [0.2, 0.25) is 0 Å². The van der Waals surface area contributed by atoms with E-state index in [-0.39, 0.29) is 11.7 Å². The zero-order chi connectivity index (χ0) is 13.7. The van der Waals surface area contributed by atoms with Gasteiger partial charge < -0.3 is 10.1 Å². The Morgan fingerprint density at radius 3 is 2.74 bits per heavy atom. The minimum atomic E-state index is -0.482. The summed E-state index contributed by atoms with van der Waals surface area (Å²) in [4.78, 5) is 18.2. The van der Waals surface area contributed by atoms with Crippen molar-refractivity contribution < 1.29 is 9.66 Å². The molecular formula is C12H12N4O3. The molecule has 0 amide bonds. The van der Waals surface area contributed by atoms with Crippen LogP contribution in [-0.2, 0) is 6.54 Å². The number of nitrogens with one attached hydrogen (secondary N) is 1. The Morgan fingerprint density at radius 2 is 2.11 bits per heavy atom. The Labute approximate surface area is 109 Å². The van der Waals surface area contributed by atoms with Gasteiger partial charge in [0.1, 0.15) is 5.75 Å². The van der Waals surface area contributed by atoms with Gasteiger partial charge in [-0.15, -0.1) is 0 Å². The fraction of sp³-hybridized carbons (Fsp3) is 0.167. The highest BCUT2D eigenvalue weighted by molar-refractivity contribution is 5.38. The molecule has 0 unspecified atom stereocenters. The van der Waals surface area contributed by atoms with Crippen molar-refractivity contribution in [2.75, 3.05) is 7.05 Å². The monoisotopic (exact) mass is 260 g/mol. The van der Waals surface area contributed by atoms with Crippen molar-refractivity contribution in [1.82, 2.24) is 15.3 Å². The number of hydrogen-bond acceptors (Lipinski definition) is 6. The second-order valence-corrected chi connectivity index (χ2v) is 3.76. The highest BCUT2D eigenvalue weighted by Gasteiger charge is 2.08. The molecule has 0 aliphatic heterocycles. The van der Waals surface area contributed by atoms with E-state index >= 15 is 0 Å². The lowest BCUT2D eigenvalue weighted by atomic mass is 10.3. The average molecular weight is 260 g/mol. The third-order valence-corrected chi connectivity index (χ3v) is 2.30. The van der Waals surface area contributed by atoms with Crippen LogP contribution in [0.1, 0.15) is 5.56 Å². The summed E-state index contributed by atoms with van der Waals surface area (Å²) >= 11 is 0. The van der Waals surface area contributed by atoms with Gasteiger partial charge in [0.05, 0.1) is 11.0 Å². The van der Waals surface area contributed by atoms with Crippen molar-refractivity contribution in [2.24, 2.45) is 0 Å². The zero-order valence-electron chi connectivity index (χ0n) is 10.2. The quantitative estimate of drug-likeness (QED) is 0.652. The highest BCUT2D eigenvalue weighted by Crippen LogP contribution is 2.22. The number of nitro groups is 1. The van der Waals surface area contributed by atoms with Crippen LogP contribution >= 0.6 is 0 Å². The molecule has 98 valence electrons. The normalized spacial score (nSPS) is 10.2. The standard InChI is InChI=1S/C12H12N4O3/c1-13-6-9-7-14-12(15-8-9)19-11-4-2-3-10(5-11)16(17)18/h2-5,7-8,13H,6H2,1H3. The fourth-order valence-corrected chi connectivity index (χ4v) is 1.46. The van der Waals surface area contributed by atoms with Crippen molar-refractivity contribution in [3.8, 4) is 11.8 Å². The van der Waals surface area contributed by atoms with Crippen molar-refractivity contribution in [3.05, 3.63) is 52.3 Å². The summed E-state index contributed by atoms with van der Waals surface area (Å²) in [6, 6.07) is 6.02. The van der Waals surface area contributed by atoms with E-state index in [1.807, 2.05) is 7.05 Å². The number of benzene rings is 1. The number of nitro benzene ring substituents is 1. The maximum absolute atomic E-state index is 10.6. The number of aromatic nitrogens is 2. The Balaban J connectivity index is 2.12. The number of non-ortho nitro benzene ring substituents is 1. The predicted octanol–water partition coefficient (Wildman–Crippen LogP) is 1.90. The van der Waals surface area contributed by atoms with Crippen molar-refractivity contribution in [1.29, 1.82) is 0 Å². The van der Waals surface area contributed by atoms with Crippen LogP contribution in [0, 0.1) is 10.1 Å². The molecule has 0 radical (unpaired) electrons. The summed E-state index contributed by atoms with van der Waals surface area (Å²) in [6.07, 6.45) is 3.27. The summed E-state index contributed by atoms with van der Waals surface area (Å²) < 4.78 is 5.36. The number of nitrogens with zero attached hydrogens (tertiary/aromatic N) is 3. The fourth-order valence-electron chi connectivity index (χ4n) is 1.46. The van der Waals surface area contributed by atoms with E-state index in [9.17, 15) is 10.1 Å². The lowest BCUT2D eigenvalue weighted by Gasteiger charge is -2.04. The predicted molar refractivity (Wildman–Crippen MR) is 68.0 cm³/mol. The molecule has 0 saturated heterocycles. The van der Waals surface area contributed by atoms with Crippen LogP contribution in [0.3, 0.4) is 0 Å². The number of rotatable bonds is 5. The minimum absolute atomic E-state index is 0.0377.